The lowest BCUT2D eigenvalue weighted by Crippen LogP contribution is -2.49. The predicted molar refractivity (Wildman–Crippen MR) is 81.5 cm³/mol. The number of hydrogen-bond donors (Lipinski definition) is 1. The quantitative estimate of drug-likeness (QED) is 0.876. The molecule has 0 spiro atoms. The fourth-order valence-electron chi connectivity index (χ4n) is 2.86. The molecular weight excluding hydrogens is 272 g/mol. The van der Waals surface area contributed by atoms with Gasteiger partial charge in [0.05, 0.1) is 18.6 Å². The largest absolute Gasteiger partial charge is 0.383 e. The Hall–Kier alpha value is -0.910. The molecule has 1 aromatic rings. The van der Waals surface area contributed by atoms with Crippen LogP contribution >= 0.6 is 11.3 Å². The molecule has 5 heteroatoms. The van der Waals surface area contributed by atoms with Gasteiger partial charge in [-0.15, -0.1) is 11.3 Å². The molecule has 1 saturated carbocycles. The van der Waals surface area contributed by atoms with E-state index in [4.69, 9.17) is 10.5 Å². The molecule has 1 aliphatic carbocycles. The first-order valence-corrected chi connectivity index (χ1v) is 8.02. The van der Waals surface area contributed by atoms with E-state index in [-0.39, 0.29) is 11.9 Å². The van der Waals surface area contributed by atoms with Gasteiger partial charge in [-0.1, -0.05) is 12.5 Å². The fraction of sp³-hybridized carbons (Fsp3) is 0.667. The summed E-state index contributed by atoms with van der Waals surface area (Å²) < 4.78 is 5.14. The Morgan fingerprint density at radius 3 is 3.00 bits per heavy atom. The maximum atomic E-state index is 12.9. The highest BCUT2D eigenvalue weighted by Gasteiger charge is 2.44. The zero-order valence-electron chi connectivity index (χ0n) is 12.3. The van der Waals surface area contributed by atoms with Crippen LogP contribution in [0.5, 0.6) is 0 Å². The molecule has 0 bridgehead atoms. The molecule has 2 rings (SSSR count). The first kappa shape index (κ1) is 15.5. The second-order valence-electron chi connectivity index (χ2n) is 5.72. The first-order valence-electron chi connectivity index (χ1n) is 7.14. The Kier molecular flexibility index (Phi) is 5.18. The van der Waals surface area contributed by atoms with Gasteiger partial charge in [0.15, 0.2) is 0 Å². The summed E-state index contributed by atoms with van der Waals surface area (Å²) in [6, 6.07) is 4.06. The van der Waals surface area contributed by atoms with E-state index in [9.17, 15) is 4.79 Å². The average molecular weight is 296 g/mol. The van der Waals surface area contributed by atoms with Gasteiger partial charge in [-0.3, -0.25) is 4.79 Å². The molecule has 112 valence electrons. The van der Waals surface area contributed by atoms with Gasteiger partial charge in [0.25, 0.3) is 0 Å². The van der Waals surface area contributed by atoms with Crippen molar-refractivity contribution < 1.29 is 9.53 Å². The maximum absolute atomic E-state index is 12.9. The Morgan fingerprint density at radius 2 is 2.45 bits per heavy atom. The van der Waals surface area contributed by atoms with Crippen LogP contribution in [0.4, 0.5) is 0 Å². The lowest BCUT2D eigenvalue weighted by Gasteiger charge is -2.34. The SMILES string of the molecule is COCCN(Cc1cccs1)C(=O)C1(C)CCCC1N. The monoisotopic (exact) mass is 296 g/mol. The van der Waals surface area contributed by atoms with Crippen molar-refractivity contribution in [3.63, 3.8) is 0 Å². The minimum Gasteiger partial charge on any atom is -0.383 e. The topological polar surface area (TPSA) is 55.6 Å². The van der Waals surface area contributed by atoms with Crippen LogP contribution in [0.15, 0.2) is 17.5 Å². The predicted octanol–water partition coefficient (Wildman–Crippen LogP) is 2.24. The number of methoxy groups -OCH3 is 1. The molecule has 1 aromatic heterocycles. The number of nitrogens with zero attached hydrogens (tertiary/aromatic N) is 1. The number of ether oxygens (including phenoxy) is 1. The van der Waals surface area contributed by atoms with Crippen LogP contribution in [0, 0.1) is 5.41 Å². The van der Waals surface area contributed by atoms with Crippen LogP contribution < -0.4 is 5.73 Å². The van der Waals surface area contributed by atoms with Crippen molar-refractivity contribution in [2.45, 2.75) is 38.8 Å². The number of nitrogens with two attached hydrogens (primary N) is 1. The summed E-state index contributed by atoms with van der Waals surface area (Å²) in [5.41, 5.74) is 5.77. The van der Waals surface area contributed by atoms with Gasteiger partial charge in [-0.2, -0.15) is 0 Å². The van der Waals surface area contributed by atoms with Gasteiger partial charge in [0, 0.05) is 24.6 Å². The summed E-state index contributed by atoms with van der Waals surface area (Å²) in [5.74, 6) is 0.174. The van der Waals surface area contributed by atoms with Crippen LogP contribution in [0.3, 0.4) is 0 Å². The number of amides is 1. The van der Waals surface area contributed by atoms with Crippen molar-refractivity contribution in [2.24, 2.45) is 11.1 Å². The Bertz CT molecular complexity index is 435. The van der Waals surface area contributed by atoms with Gasteiger partial charge in [0.1, 0.15) is 0 Å². The van der Waals surface area contributed by atoms with Crippen LogP contribution in [-0.4, -0.2) is 37.1 Å². The van der Waals surface area contributed by atoms with Crippen molar-refractivity contribution in [3.05, 3.63) is 22.4 Å². The van der Waals surface area contributed by atoms with E-state index in [0.717, 1.165) is 19.3 Å². The Balaban J connectivity index is 2.10. The highest BCUT2D eigenvalue weighted by Crippen LogP contribution is 2.38. The molecule has 2 N–H and O–H groups in total. The van der Waals surface area contributed by atoms with E-state index in [0.29, 0.717) is 19.7 Å². The Morgan fingerprint density at radius 1 is 1.65 bits per heavy atom. The van der Waals surface area contributed by atoms with Gasteiger partial charge in [-0.25, -0.2) is 0 Å². The molecule has 1 heterocycles. The molecule has 0 saturated heterocycles. The van der Waals surface area contributed by atoms with Crippen molar-refractivity contribution in [1.29, 1.82) is 0 Å². The summed E-state index contributed by atoms with van der Waals surface area (Å²) in [7, 11) is 1.66. The zero-order valence-corrected chi connectivity index (χ0v) is 13.1. The highest BCUT2D eigenvalue weighted by molar-refractivity contribution is 7.09. The van der Waals surface area contributed by atoms with Crippen molar-refractivity contribution >= 4 is 17.2 Å². The highest BCUT2D eigenvalue weighted by atomic mass is 32.1. The summed E-state index contributed by atoms with van der Waals surface area (Å²) >= 11 is 1.68. The van der Waals surface area contributed by atoms with Crippen LogP contribution in [0.1, 0.15) is 31.1 Å². The number of carbonyl (C=O) groups excluding carboxylic acids is 1. The lowest BCUT2D eigenvalue weighted by molar-refractivity contribution is -0.143. The molecule has 1 amide bonds. The lowest BCUT2D eigenvalue weighted by atomic mass is 9.83. The number of hydrogen-bond acceptors (Lipinski definition) is 4. The van der Waals surface area contributed by atoms with Gasteiger partial charge >= 0.3 is 0 Å². The van der Waals surface area contributed by atoms with E-state index >= 15 is 0 Å². The molecule has 20 heavy (non-hydrogen) atoms. The molecular formula is C15H24N2O2S. The van der Waals surface area contributed by atoms with Gasteiger partial charge < -0.3 is 15.4 Å². The molecule has 2 atom stereocenters. The second kappa shape index (κ2) is 6.70. The number of thiophene rings is 1. The molecule has 0 radical (unpaired) electrons. The summed E-state index contributed by atoms with van der Waals surface area (Å²) in [4.78, 5) is 16.0. The van der Waals surface area contributed by atoms with E-state index in [1.54, 1.807) is 18.4 Å². The van der Waals surface area contributed by atoms with E-state index in [1.807, 2.05) is 23.3 Å². The van der Waals surface area contributed by atoms with E-state index < -0.39 is 5.41 Å². The Labute approximate surface area is 124 Å². The third kappa shape index (κ3) is 3.22. The molecule has 2 unspecified atom stereocenters. The zero-order chi connectivity index (χ0) is 14.6. The third-order valence-electron chi connectivity index (χ3n) is 4.30. The average Bonchev–Trinajstić information content (AvgIpc) is 3.05. The summed E-state index contributed by atoms with van der Waals surface area (Å²) in [6.45, 7) is 3.85. The molecule has 0 aromatic carbocycles. The van der Waals surface area contributed by atoms with Crippen LogP contribution in [0.2, 0.25) is 0 Å². The fourth-order valence-corrected chi connectivity index (χ4v) is 3.58. The van der Waals surface area contributed by atoms with Crippen molar-refractivity contribution in [2.75, 3.05) is 20.3 Å². The third-order valence-corrected chi connectivity index (χ3v) is 5.16. The standard InChI is InChI=1S/C15H24N2O2S/c1-15(7-3-6-13(15)16)14(18)17(8-9-19-2)11-12-5-4-10-20-12/h4-5,10,13H,3,6-9,11,16H2,1-2H3. The molecule has 1 aliphatic rings. The normalized spacial score (nSPS) is 25.9. The van der Waals surface area contributed by atoms with E-state index in [2.05, 4.69) is 6.07 Å². The number of rotatable bonds is 6. The van der Waals surface area contributed by atoms with Crippen molar-refractivity contribution in [1.82, 2.24) is 4.90 Å². The summed E-state index contributed by atoms with van der Waals surface area (Å²) in [6.07, 6.45) is 2.88. The first-order chi connectivity index (χ1) is 9.58. The second-order valence-corrected chi connectivity index (χ2v) is 6.75. The van der Waals surface area contributed by atoms with Crippen LogP contribution in [0.25, 0.3) is 0 Å². The van der Waals surface area contributed by atoms with Crippen molar-refractivity contribution in [3.8, 4) is 0 Å². The summed E-state index contributed by atoms with van der Waals surface area (Å²) in [5, 5.41) is 2.04. The smallest absolute Gasteiger partial charge is 0.230 e. The molecule has 4 nitrogen and oxygen atoms in total. The number of carbonyl (C=O) groups is 1. The van der Waals surface area contributed by atoms with Gasteiger partial charge in [0.2, 0.25) is 5.91 Å². The van der Waals surface area contributed by atoms with E-state index in [1.165, 1.54) is 4.88 Å². The maximum Gasteiger partial charge on any atom is 0.230 e. The van der Waals surface area contributed by atoms with Crippen LogP contribution in [-0.2, 0) is 16.1 Å². The van der Waals surface area contributed by atoms with Gasteiger partial charge in [-0.05, 0) is 31.2 Å². The minimum absolute atomic E-state index is 0.0246. The molecule has 0 aliphatic heterocycles. The minimum atomic E-state index is -0.412. The molecule has 1 fully saturated rings.